The molecule has 0 aliphatic rings. The van der Waals surface area contributed by atoms with Crippen LogP contribution in [0.3, 0.4) is 0 Å². The monoisotopic (exact) mass is 358 g/mol. The molecule has 4 rings (SSSR count). The zero-order valence-corrected chi connectivity index (χ0v) is 12.9. The van der Waals surface area contributed by atoms with E-state index in [0.29, 0.717) is 11.5 Å². The van der Waals surface area contributed by atoms with E-state index in [-0.39, 0.29) is 0 Å². The first-order chi connectivity index (χ1) is 10.3. The molecule has 3 aromatic heterocycles. The summed E-state index contributed by atoms with van der Waals surface area (Å²) in [6.45, 7) is 0. The minimum absolute atomic E-state index is 0.593. The Morgan fingerprint density at radius 3 is 2.90 bits per heavy atom. The molecule has 0 spiro atoms. The van der Waals surface area contributed by atoms with Gasteiger partial charge >= 0.3 is 0 Å². The van der Waals surface area contributed by atoms with Crippen LogP contribution in [0.1, 0.15) is 0 Å². The van der Waals surface area contributed by atoms with Crippen molar-refractivity contribution in [2.24, 2.45) is 0 Å². The Labute approximate surface area is 131 Å². The second kappa shape index (κ2) is 4.97. The van der Waals surface area contributed by atoms with Crippen molar-refractivity contribution in [3.8, 4) is 22.1 Å². The molecule has 1 aromatic carbocycles. The highest BCUT2D eigenvalue weighted by Crippen LogP contribution is 2.28. The second-order valence-electron chi connectivity index (χ2n) is 4.23. The van der Waals surface area contributed by atoms with E-state index in [1.807, 2.05) is 24.3 Å². The molecule has 6 nitrogen and oxygen atoms in total. The van der Waals surface area contributed by atoms with Crippen molar-refractivity contribution in [2.45, 2.75) is 0 Å². The zero-order valence-electron chi connectivity index (χ0n) is 10.5. The number of hydrogen-bond acceptors (Lipinski definition) is 6. The molecule has 0 saturated heterocycles. The smallest absolute Gasteiger partial charge is 0.235 e. The summed E-state index contributed by atoms with van der Waals surface area (Å²) in [5, 5.41) is 13.7. The predicted molar refractivity (Wildman–Crippen MR) is 82.8 cm³/mol. The molecule has 3 heterocycles. The van der Waals surface area contributed by atoms with Crippen LogP contribution in [0.25, 0.3) is 27.1 Å². The van der Waals surface area contributed by atoms with Crippen LogP contribution in [0.4, 0.5) is 0 Å². The highest BCUT2D eigenvalue weighted by atomic mass is 79.9. The lowest BCUT2D eigenvalue weighted by molar-refractivity contribution is 0.957. The average Bonchev–Trinajstić information content (AvgIpc) is 3.08. The Kier molecular flexibility index (Phi) is 2.97. The van der Waals surface area contributed by atoms with Crippen molar-refractivity contribution < 1.29 is 0 Å². The van der Waals surface area contributed by atoms with Crippen LogP contribution in [-0.2, 0) is 0 Å². The van der Waals surface area contributed by atoms with Gasteiger partial charge in [0.05, 0.1) is 6.20 Å². The predicted octanol–water partition coefficient (Wildman–Crippen LogP) is 3.07. The molecule has 4 aromatic rings. The third-order valence-corrected chi connectivity index (χ3v) is 4.30. The number of halogens is 1. The highest BCUT2D eigenvalue weighted by molar-refractivity contribution is 9.10. The molecule has 0 bridgehead atoms. The van der Waals surface area contributed by atoms with Crippen molar-refractivity contribution in [1.29, 1.82) is 0 Å². The molecule has 0 N–H and O–H groups in total. The number of aromatic nitrogens is 6. The number of fused-ring (bicyclic) bond motifs is 1. The Morgan fingerprint density at radius 2 is 2.10 bits per heavy atom. The quantitative estimate of drug-likeness (QED) is 0.550. The Bertz CT molecular complexity index is 917. The van der Waals surface area contributed by atoms with E-state index in [0.717, 1.165) is 20.0 Å². The van der Waals surface area contributed by atoms with Crippen LogP contribution < -0.4 is 0 Å². The highest BCUT2D eigenvalue weighted by Gasteiger charge is 2.15. The fourth-order valence-electron chi connectivity index (χ4n) is 1.93. The van der Waals surface area contributed by atoms with Crippen LogP contribution in [0.2, 0.25) is 0 Å². The van der Waals surface area contributed by atoms with E-state index in [4.69, 9.17) is 0 Å². The molecule has 0 atom stereocenters. The van der Waals surface area contributed by atoms with Gasteiger partial charge in [-0.15, -0.1) is 10.2 Å². The number of benzene rings is 1. The lowest BCUT2D eigenvalue weighted by atomic mass is 10.2. The maximum atomic E-state index is 4.58. The van der Waals surface area contributed by atoms with Gasteiger partial charge in [0.2, 0.25) is 10.8 Å². The summed E-state index contributed by atoms with van der Waals surface area (Å²) < 4.78 is 2.71. The van der Waals surface area contributed by atoms with E-state index in [2.05, 4.69) is 41.2 Å². The van der Waals surface area contributed by atoms with Crippen LogP contribution in [-0.4, -0.2) is 29.8 Å². The van der Waals surface area contributed by atoms with Gasteiger partial charge in [-0.1, -0.05) is 39.4 Å². The Hall–Kier alpha value is -2.19. The summed E-state index contributed by atoms with van der Waals surface area (Å²) in [6.07, 6.45) is 4.89. The van der Waals surface area contributed by atoms with Crippen LogP contribution >= 0.6 is 27.3 Å². The van der Waals surface area contributed by atoms with Crippen molar-refractivity contribution in [1.82, 2.24) is 29.8 Å². The van der Waals surface area contributed by atoms with Gasteiger partial charge < -0.3 is 0 Å². The van der Waals surface area contributed by atoms with Crippen molar-refractivity contribution in [3.05, 3.63) is 47.3 Å². The van der Waals surface area contributed by atoms with Crippen molar-refractivity contribution >= 4 is 32.2 Å². The zero-order chi connectivity index (χ0) is 14.2. The molecular weight excluding hydrogens is 352 g/mol. The topological polar surface area (TPSA) is 68.9 Å². The molecule has 0 fully saturated rings. The largest absolute Gasteiger partial charge is 0.261 e. The number of nitrogens with zero attached hydrogens (tertiary/aromatic N) is 6. The van der Waals surface area contributed by atoms with Gasteiger partial charge in [0, 0.05) is 22.4 Å². The molecule has 0 radical (unpaired) electrons. The molecule has 0 amide bonds. The van der Waals surface area contributed by atoms with Crippen LogP contribution in [0.15, 0.2) is 47.3 Å². The fraction of sp³-hybridized carbons (Fsp3) is 0. The van der Waals surface area contributed by atoms with E-state index in [1.165, 1.54) is 11.3 Å². The lowest BCUT2D eigenvalue weighted by Crippen LogP contribution is -1.93. The Morgan fingerprint density at radius 1 is 1.14 bits per heavy atom. The van der Waals surface area contributed by atoms with E-state index >= 15 is 0 Å². The van der Waals surface area contributed by atoms with Gasteiger partial charge in [-0.25, -0.2) is 4.98 Å². The normalized spacial score (nSPS) is 11.1. The minimum atomic E-state index is 0.593. The molecule has 0 aliphatic carbocycles. The van der Waals surface area contributed by atoms with Gasteiger partial charge in [0.15, 0.2) is 0 Å². The van der Waals surface area contributed by atoms with Gasteiger partial charge in [0.1, 0.15) is 10.7 Å². The van der Waals surface area contributed by atoms with E-state index in [9.17, 15) is 0 Å². The third kappa shape index (κ3) is 2.22. The Balaban J connectivity index is 1.87. The fourth-order valence-corrected chi connectivity index (χ4v) is 3.16. The van der Waals surface area contributed by atoms with Crippen molar-refractivity contribution in [2.75, 3.05) is 0 Å². The van der Waals surface area contributed by atoms with Gasteiger partial charge in [-0.3, -0.25) is 4.98 Å². The number of hydrogen-bond donors (Lipinski definition) is 0. The van der Waals surface area contributed by atoms with E-state index in [1.54, 1.807) is 23.1 Å². The van der Waals surface area contributed by atoms with Crippen LogP contribution in [0, 0.1) is 0 Å². The maximum absolute atomic E-state index is 4.58. The standard InChI is InChI=1S/C13H7BrN6S/c14-9-3-1-2-8(6-9)12-19-20-11(17-18-13(20)21-12)10-7-15-4-5-16-10/h1-7H. The van der Waals surface area contributed by atoms with E-state index < -0.39 is 0 Å². The summed E-state index contributed by atoms with van der Waals surface area (Å²) in [6, 6.07) is 7.99. The molecule has 0 aliphatic heterocycles. The third-order valence-electron chi connectivity index (χ3n) is 2.85. The first-order valence-corrected chi connectivity index (χ1v) is 7.67. The second-order valence-corrected chi connectivity index (χ2v) is 6.10. The molecule has 21 heavy (non-hydrogen) atoms. The molecule has 8 heteroatoms. The molecule has 102 valence electrons. The van der Waals surface area contributed by atoms with Crippen molar-refractivity contribution in [3.63, 3.8) is 0 Å². The first kappa shape index (κ1) is 12.5. The number of rotatable bonds is 2. The SMILES string of the molecule is Brc1cccc(-c2nn3c(-c4cnccn4)nnc3s2)c1. The summed E-state index contributed by atoms with van der Waals surface area (Å²) >= 11 is 4.95. The lowest BCUT2D eigenvalue weighted by Gasteiger charge is -1.96. The van der Waals surface area contributed by atoms with Crippen LogP contribution in [0.5, 0.6) is 0 Å². The molecule has 0 saturated carbocycles. The summed E-state index contributed by atoms with van der Waals surface area (Å²) in [7, 11) is 0. The van der Waals surface area contributed by atoms with Gasteiger partial charge in [0.25, 0.3) is 0 Å². The minimum Gasteiger partial charge on any atom is -0.261 e. The van der Waals surface area contributed by atoms with Gasteiger partial charge in [-0.2, -0.15) is 9.61 Å². The molecule has 0 unspecified atom stereocenters. The summed E-state index contributed by atoms with van der Waals surface area (Å²) in [4.78, 5) is 9.02. The summed E-state index contributed by atoms with van der Waals surface area (Å²) in [5.41, 5.74) is 1.68. The maximum Gasteiger partial charge on any atom is 0.235 e. The first-order valence-electron chi connectivity index (χ1n) is 6.06. The summed E-state index contributed by atoms with van der Waals surface area (Å²) in [5.74, 6) is 0.593. The molecular formula is C13H7BrN6S. The average molecular weight is 359 g/mol. The van der Waals surface area contributed by atoms with Gasteiger partial charge in [-0.05, 0) is 12.1 Å².